The van der Waals surface area contributed by atoms with Gasteiger partial charge in [-0.15, -0.1) is 0 Å². The molecular formula is C24H40N2O6. The van der Waals surface area contributed by atoms with Crippen molar-refractivity contribution >= 4 is 17.8 Å². The lowest BCUT2D eigenvalue weighted by atomic mass is 9.62. The van der Waals surface area contributed by atoms with E-state index in [0.717, 1.165) is 6.42 Å². The quantitative estimate of drug-likeness (QED) is 0.572. The third-order valence-electron chi connectivity index (χ3n) is 7.38. The number of β-amino-alcohol motifs (C(OH)–C–C–N with tert-alkyl or cyclic N) is 1. The summed E-state index contributed by atoms with van der Waals surface area (Å²) in [5, 5.41) is 12.8. The molecule has 3 saturated heterocycles. The van der Waals surface area contributed by atoms with E-state index in [2.05, 4.69) is 26.1 Å². The molecule has 3 rings (SSSR count). The van der Waals surface area contributed by atoms with Crippen molar-refractivity contribution in [3.63, 3.8) is 0 Å². The molecule has 6 atom stereocenters. The summed E-state index contributed by atoms with van der Waals surface area (Å²) >= 11 is 0. The van der Waals surface area contributed by atoms with Crippen molar-refractivity contribution in [3.05, 3.63) is 0 Å². The van der Waals surface area contributed by atoms with Gasteiger partial charge in [0, 0.05) is 12.1 Å². The zero-order chi connectivity index (χ0) is 24.3. The maximum atomic E-state index is 13.7. The van der Waals surface area contributed by atoms with Gasteiger partial charge < -0.3 is 24.8 Å². The molecule has 2 amide bonds. The predicted molar refractivity (Wildman–Crippen MR) is 118 cm³/mol. The first kappa shape index (κ1) is 25.0. The Morgan fingerprint density at radius 3 is 2.44 bits per heavy atom. The van der Waals surface area contributed by atoms with Crippen LogP contribution in [0.5, 0.6) is 0 Å². The largest absolute Gasteiger partial charge is 0.466 e. The van der Waals surface area contributed by atoms with Gasteiger partial charge in [0.15, 0.2) is 0 Å². The van der Waals surface area contributed by atoms with Crippen molar-refractivity contribution in [1.29, 1.82) is 0 Å². The number of aliphatic hydroxyl groups is 1. The molecular weight excluding hydrogens is 412 g/mol. The standard InChI is InChI=1S/C24H40N2O6/c1-9-31-20(30)16-15-19(29)26(10-11-27)17(24(15)12-14(2)23(16,8)32-24)18(28)25-22(6,7)13-21(3,4)5/h14-17,27H,9-13H2,1-8H3,(H,25,28)/t14?,15-,16-,17?,23+,24?/m0/s1. The van der Waals surface area contributed by atoms with E-state index in [-0.39, 0.29) is 42.9 Å². The maximum absolute atomic E-state index is 13.7. The Balaban J connectivity index is 2.02. The van der Waals surface area contributed by atoms with Gasteiger partial charge in [-0.25, -0.2) is 0 Å². The average molecular weight is 453 g/mol. The van der Waals surface area contributed by atoms with Crippen LogP contribution in [0.25, 0.3) is 0 Å². The number of fused-ring (bicyclic) bond motifs is 1. The molecule has 0 aromatic carbocycles. The fourth-order valence-electron chi connectivity index (χ4n) is 6.75. The van der Waals surface area contributed by atoms with Crippen LogP contribution in [0.2, 0.25) is 0 Å². The number of carbonyl (C=O) groups is 3. The van der Waals surface area contributed by atoms with E-state index in [9.17, 15) is 19.5 Å². The van der Waals surface area contributed by atoms with Crippen LogP contribution < -0.4 is 5.32 Å². The minimum Gasteiger partial charge on any atom is -0.466 e. The van der Waals surface area contributed by atoms with Gasteiger partial charge in [-0.1, -0.05) is 27.7 Å². The van der Waals surface area contributed by atoms with Crippen LogP contribution in [-0.4, -0.2) is 70.3 Å². The fourth-order valence-corrected chi connectivity index (χ4v) is 6.75. The molecule has 0 radical (unpaired) electrons. The maximum Gasteiger partial charge on any atom is 0.312 e. The highest BCUT2D eigenvalue weighted by Crippen LogP contribution is 2.65. The monoisotopic (exact) mass is 452 g/mol. The molecule has 0 aliphatic carbocycles. The molecule has 2 N–H and O–H groups in total. The van der Waals surface area contributed by atoms with E-state index < -0.39 is 40.6 Å². The van der Waals surface area contributed by atoms with E-state index >= 15 is 0 Å². The molecule has 3 heterocycles. The summed E-state index contributed by atoms with van der Waals surface area (Å²) in [5.41, 5.74) is -2.51. The Labute approximate surface area is 191 Å². The Bertz CT molecular complexity index is 790. The highest BCUT2D eigenvalue weighted by Gasteiger charge is 2.80. The molecule has 3 unspecified atom stereocenters. The minimum atomic E-state index is -1.11. The summed E-state index contributed by atoms with van der Waals surface area (Å²) in [5.74, 6) is -2.69. The van der Waals surface area contributed by atoms with E-state index in [1.165, 1.54) is 4.90 Å². The molecule has 3 fully saturated rings. The second-order valence-corrected chi connectivity index (χ2v) is 11.8. The first-order chi connectivity index (χ1) is 14.6. The summed E-state index contributed by atoms with van der Waals surface area (Å²) in [6.45, 7) is 15.8. The van der Waals surface area contributed by atoms with E-state index in [4.69, 9.17) is 9.47 Å². The zero-order valence-electron chi connectivity index (χ0n) is 20.8. The number of rotatable bonds is 7. The molecule has 8 heteroatoms. The molecule has 0 saturated carbocycles. The SMILES string of the molecule is CCOC(=O)[C@@H]1[C@H]2C(=O)N(CCO)C(C(=O)NC(C)(C)CC(C)(C)C)C23CC(C)[C@@]1(C)O3. The Morgan fingerprint density at radius 2 is 1.91 bits per heavy atom. The number of nitrogens with zero attached hydrogens (tertiary/aromatic N) is 1. The van der Waals surface area contributed by atoms with Gasteiger partial charge in [0.25, 0.3) is 0 Å². The van der Waals surface area contributed by atoms with Gasteiger partial charge in [0.1, 0.15) is 17.6 Å². The third-order valence-corrected chi connectivity index (χ3v) is 7.38. The number of ether oxygens (including phenoxy) is 2. The first-order valence-corrected chi connectivity index (χ1v) is 11.7. The van der Waals surface area contributed by atoms with Crippen LogP contribution in [0, 0.1) is 23.2 Å². The first-order valence-electron chi connectivity index (χ1n) is 11.7. The lowest BCUT2D eigenvalue weighted by Crippen LogP contribution is -2.59. The summed E-state index contributed by atoms with van der Waals surface area (Å²) < 4.78 is 11.9. The Morgan fingerprint density at radius 1 is 1.28 bits per heavy atom. The van der Waals surface area contributed by atoms with Crippen molar-refractivity contribution in [1.82, 2.24) is 10.2 Å². The number of likely N-dealkylation sites (tertiary alicyclic amines) is 1. The number of carbonyl (C=O) groups excluding carboxylic acids is 3. The number of esters is 1. The normalized spacial score (nSPS) is 36.4. The summed E-state index contributed by atoms with van der Waals surface area (Å²) in [6, 6.07) is -0.907. The van der Waals surface area contributed by atoms with Gasteiger partial charge in [0.05, 0.1) is 24.7 Å². The summed E-state index contributed by atoms with van der Waals surface area (Å²) in [4.78, 5) is 41.7. The van der Waals surface area contributed by atoms with E-state index in [1.807, 2.05) is 27.7 Å². The van der Waals surface area contributed by atoms with Crippen molar-refractivity contribution < 1.29 is 29.0 Å². The molecule has 32 heavy (non-hydrogen) atoms. The Kier molecular flexibility index (Phi) is 6.22. The van der Waals surface area contributed by atoms with Crippen LogP contribution in [0.3, 0.4) is 0 Å². The predicted octanol–water partition coefficient (Wildman–Crippen LogP) is 1.88. The third kappa shape index (κ3) is 3.83. The lowest BCUT2D eigenvalue weighted by Gasteiger charge is -2.38. The molecule has 2 bridgehead atoms. The minimum absolute atomic E-state index is 0.00675. The summed E-state index contributed by atoms with van der Waals surface area (Å²) in [7, 11) is 0. The molecule has 1 spiro atoms. The van der Waals surface area contributed by atoms with Crippen molar-refractivity contribution in [2.45, 2.75) is 91.0 Å². The number of amides is 2. The zero-order valence-corrected chi connectivity index (χ0v) is 20.8. The topological polar surface area (TPSA) is 105 Å². The van der Waals surface area contributed by atoms with Gasteiger partial charge >= 0.3 is 5.97 Å². The second kappa shape index (κ2) is 7.97. The van der Waals surface area contributed by atoms with Crippen LogP contribution in [0.1, 0.15) is 68.2 Å². The van der Waals surface area contributed by atoms with Crippen LogP contribution in [0.4, 0.5) is 0 Å². The smallest absolute Gasteiger partial charge is 0.312 e. The van der Waals surface area contributed by atoms with Crippen LogP contribution >= 0.6 is 0 Å². The van der Waals surface area contributed by atoms with Crippen molar-refractivity contribution in [2.24, 2.45) is 23.2 Å². The number of aliphatic hydroxyl groups excluding tert-OH is 1. The highest BCUT2D eigenvalue weighted by atomic mass is 16.6. The van der Waals surface area contributed by atoms with Crippen LogP contribution in [-0.2, 0) is 23.9 Å². The van der Waals surface area contributed by atoms with Crippen molar-refractivity contribution in [3.8, 4) is 0 Å². The lowest BCUT2D eigenvalue weighted by molar-refractivity contribution is -0.161. The fraction of sp³-hybridized carbons (Fsp3) is 0.875. The van der Waals surface area contributed by atoms with Crippen molar-refractivity contribution in [2.75, 3.05) is 19.8 Å². The Hall–Kier alpha value is -1.67. The second-order valence-electron chi connectivity index (χ2n) is 11.8. The number of hydrogen-bond acceptors (Lipinski definition) is 6. The average Bonchev–Trinajstić information content (AvgIpc) is 3.11. The molecule has 8 nitrogen and oxygen atoms in total. The number of nitrogens with one attached hydrogen (secondary N) is 1. The molecule has 3 aliphatic heterocycles. The molecule has 0 aromatic heterocycles. The van der Waals surface area contributed by atoms with Gasteiger partial charge in [0.2, 0.25) is 11.8 Å². The van der Waals surface area contributed by atoms with Gasteiger partial charge in [-0.2, -0.15) is 0 Å². The molecule has 182 valence electrons. The van der Waals surface area contributed by atoms with Crippen LogP contribution in [0.15, 0.2) is 0 Å². The van der Waals surface area contributed by atoms with Gasteiger partial charge in [-0.3, -0.25) is 14.4 Å². The highest BCUT2D eigenvalue weighted by molar-refractivity contribution is 5.98. The molecule has 0 aromatic rings. The number of hydrogen-bond donors (Lipinski definition) is 2. The van der Waals surface area contributed by atoms with Gasteiger partial charge in [-0.05, 0) is 51.9 Å². The summed E-state index contributed by atoms with van der Waals surface area (Å²) in [6.07, 6.45) is 1.23. The van der Waals surface area contributed by atoms with E-state index in [0.29, 0.717) is 6.42 Å². The van der Waals surface area contributed by atoms with E-state index in [1.54, 1.807) is 6.92 Å². The molecule has 3 aliphatic rings.